The van der Waals surface area contributed by atoms with Gasteiger partial charge < -0.3 is 9.47 Å². The molecule has 0 N–H and O–H groups in total. The van der Waals surface area contributed by atoms with Crippen molar-refractivity contribution in [3.8, 4) is 24.3 Å². The van der Waals surface area contributed by atoms with E-state index in [0.29, 0.717) is 12.8 Å². The Hall–Kier alpha value is -3.10. The highest BCUT2D eigenvalue weighted by Crippen LogP contribution is 2.01. The van der Waals surface area contributed by atoms with Crippen molar-refractivity contribution in [2.24, 2.45) is 11.8 Å². The van der Waals surface area contributed by atoms with Gasteiger partial charge in [0.2, 0.25) is 11.8 Å². The van der Waals surface area contributed by atoms with E-state index >= 15 is 0 Å². The van der Waals surface area contributed by atoms with E-state index in [-0.39, 0.29) is 13.2 Å². The predicted octanol–water partition coefficient (Wildman–Crippen LogP) is 0.180. The van der Waals surface area contributed by atoms with E-state index in [1.807, 2.05) is 0 Å². The van der Waals surface area contributed by atoms with Gasteiger partial charge in [0.05, 0.1) is 37.5 Å². The summed E-state index contributed by atoms with van der Waals surface area (Å²) < 4.78 is 9.31. The van der Waals surface area contributed by atoms with Crippen LogP contribution in [0.1, 0.15) is 12.8 Å². The normalized spacial score (nSPS) is 8.90. The van der Waals surface area contributed by atoms with Gasteiger partial charge in [0, 0.05) is 0 Å². The van der Waals surface area contributed by atoms with Crippen LogP contribution >= 0.6 is 0 Å². The summed E-state index contributed by atoms with van der Waals surface area (Å²) in [5.41, 5.74) is 0. The van der Waals surface area contributed by atoms with Gasteiger partial charge in [-0.3, -0.25) is 0 Å². The summed E-state index contributed by atoms with van der Waals surface area (Å²) in [6, 6.07) is 5.91. The number of hydrogen-bond acceptors (Lipinski definition) is 8. The van der Waals surface area contributed by atoms with E-state index in [2.05, 4.69) is 9.47 Å². The molecule has 0 aromatic rings. The molecule has 0 heterocycles. The maximum absolute atomic E-state index is 11.1. The molecule has 0 bridgehead atoms. The van der Waals surface area contributed by atoms with Crippen molar-refractivity contribution in [1.82, 2.24) is 0 Å². The molecule has 8 nitrogen and oxygen atoms in total. The van der Waals surface area contributed by atoms with E-state index in [1.165, 1.54) is 24.3 Å². The molecular formula is C12H10N4O4. The van der Waals surface area contributed by atoms with Crippen molar-refractivity contribution in [1.29, 1.82) is 21.0 Å². The van der Waals surface area contributed by atoms with Crippen molar-refractivity contribution in [3.63, 3.8) is 0 Å². The first-order valence-electron chi connectivity index (χ1n) is 5.52. The molecule has 102 valence electrons. The van der Waals surface area contributed by atoms with Crippen molar-refractivity contribution < 1.29 is 19.1 Å². The Bertz CT molecular complexity index is 442. The van der Waals surface area contributed by atoms with Crippen molar-refractivity contribution >= 4 is 11.9 Å². The number of nitriles is 4. The highest BCUT2D eigenvalue weighted by Gasteiger charge is 2.19. The molecule has 0 aliphatic carbocycles. The smallest absolute Gasteiger partial charge is 0.338 e. The highest BCUT2D eigenvalue weighted by molar-refractivity contribution is 5.78. The zero-order valence-corrected chi connectivity index (χ0v) is 10.4. The Morgan fingerprint density at radius 2 is 1.05 bits per heavy atom. The zero-order valence-electron chi connectivity index (χ0n) is 10.4. The van der Waals surface area contributed by atoms with Crippen molar-refractivity contribution in [2.75, 3.05) is 13.2 Å². The lowest BCUT2D eigenvalue weighted by Crippen LogP contribution is -2.17. The Labute approximate surface area is 115 Å². The quantitative estimate of drug-likeness (QED) is 0.471. The molecule has 0 aliphatic heterocycles. The van der Waals surface area contributed by atoms with E-state index in [4.69, 9.17) is 21.0 Å². The minimum Gasteiger partial charge on any atom is -0.464 e. The number of carbonyl (C=O) groups is 2. The highest BCUT2D eigenvalue weighted by atomic mass is 16.5. The molecule has 20 heavy (non-hydrogen) atoms. The van der Waals surface area contributed by atoms with Gasteiger partial charge in [-0.05, 0) is 12.8 Å². The Kier molecular flexibility index (Phi) is 8.35. The molecule has 0 spiro atoms. The molecule has 0 aromatic heterocycles. The third-order valence-electron chi connectivity index (χ3n) is 2.02. The van der Waals surface area contributed by atoms with Crippen LogP contribution in [0.15, 0.2) is 0 Å². The van der Waals surface area contributed by atoms with Gasteiger partial charge in [-0.15, -0.1) is 0 Å². The monoisotopic (exact) mass is 274 g/mol. The lowest BCUT2D eigenvalue weighted by Gasteiger charge is -2.06. The van der Waals surface area contributed by atoms with E-state index in [0.717, 1.165) is 0 Å². The molecule has 0 unspecified atom stereocenters. The molecule has 0 aromatic carbocycles. The van der Waals surface area contributed by atoms with Gasteiger partial charge in [-0.2, -0.15) is 21.0 Å². The summed E-state index contributed by atoms with van der Waals surface area (Å²) in [6.45, 7) is -0.0354. The van der Waals surface area contributed by atoms with Crippen LogP contribution in [-0.4, -0.2) is 25.2 Å². The predicted molar refractivity (Wildman–Crippen MR) is 60.6 cm³/mol. The molecule has 0 radical (unpaired) electrons. The van der Waals surface area contributed by atoms with E-state index in [9.17, 15) is 9.59 Å². The zero-order chi connectivity index (χ0) is 15.4. The minimum atomic E-state index is -1.44. The first-order chi connectivity index (χ1) is 9.60. The van der Waals surface area contributed by atoms with Crippen LogP contribution in [0.4, 0.5) is 0 Å². The summed E-state index contributed by atoms with van der Waals surface area (Å²) in [6.07, 6.45) is 0.707. The molecule has 0 saturated heterocycles. The molecular weight excluding hydrogens is 264 g/mol. The largest absolute Gasteiger partial charge is 0.464 e. The van der Waals surface area contributed by atoms with Crippen molar-refractivity contribution in [3.05, 3.63) is 0 Å². The molecule has 0 fully saturated rings. The number of rotatable bonds is 7. The van der Waals surface area contributed by atoms with Gasteiger partial charge in [0.1, 0.15) is 0 Å². The maximum atomic E-state index is 11.1. The molecule has 0 rings (SSSR count). The van der Waals surface area contributed by atoms with Gasteiger partial charge in [-0.1, -0.05) is 0 Å². The Morgan fingerprint density at radius 1 is 0.750 bits per heavy atom. The van der Waals surface area contributed by atoms with Crippen LogP contribution in [-0.2, 0) is 19.1 Å². The third kappa shape index (κ3) is 6.00. The van der Waals surface area contributed by atoms with Crippen molar-refractivity contribution in [2.45, 2.75) is 12.8 Å². The summed E-state index contributed by atoms with van der Waals surface area (Å²) in [7, 11) is 0. The summed E-state index contributed by atoms with van der Waals surface area (Å²) >= 11 is 0. The van der Waals surface area contributed by atoms with Gasteiger partial charge in [-0.25, -0.2) is 9.59 Å². The van der Waals surface area contributed by atoms with Crippen LogP contribution in [0.3, 0.4) is 0 Å². The van der Waals surface area contributed by atoms with Crippen LogP contribution in [0.25, 0.3) is 0 Å². The van der Waals surface area contributed by atoms with Crippen LogP contribution in [0, 0.1) is 57.2 Å². The fourth-order valence-electron chi connectivity index (χ4n) is 0.985. The first kappa shape index (κ1) is 16.9. The standard InChI is InChI=1S/C12H10N4O4/c13-5-9(6-14)11(17)19-3-1-2-4-20-12(18)10(7-15)8-16/h9-10H,1-4H2. The molecule has 0 atom stereocenters. The molecule has 8 heteroatoms. The van der Waals surface area contributed by atoms with E-state index in [1.54, 1.807) is 0 Å². The summed E-state index contributed by atoms with van der Waals surface area (Å²) in [4.78, 5) is 22.2. The number of hydrogen-bond donors (Lipinski definition) is 0. The number of esters is 2. The fraction of sp³-hybridized carbons (Fsp3) is 0.500. The second kappa shape index (κ2) is 9.88. The number of nitrogens with zero attached hydrogens (tertiary/aromatic N) is 4. The van der Waals surface area contributed by atoms with Crippen LogP contribution < -0.4 is 0 Å². The van der Waals surface area contributed by atoms with E-state index < -0.39 is 23.8 Å². The second-order valence-electron chi connectivity index (χ2n) is 3.42. The second-order valence-corrected chi connectivity index (χ2v) is 3.42. The third-order valence-corrected chi connectivity index (χ3v) is 2.02. The average Bonchev–Trinajstić information content (AvgIpc) is 2.45. The summed E-state index contributed by atoms with van der Waals surface area (Å²) in [5, 5.41) is 33.7. The lowest BCUT2D eigenvalue weighted by atomic mass is 10.2. The minimum absolute atomic E-state index is 0.0177. The maximum Gasteiger partial charge on any atom is 0.338 e. The summed E-state index contributed by atoms with van der Waals surface area (Å²) in [5.74, 6) is -4.72. The number of ether oxygens (including phenoxy) is 2. The van der Waals surface area contributed by atoms with Gasteiger partial charge >= 0.3 is 11.9 Å². The average molecular weight is 274 g/mol. The topological polar surface area (TPSA) is 148 Å². The van der Waals surface area contributed by atoms with Gasteiger partial charge in [0.25, 0.3) is 0 Å². The Morgan fingerprint density at radius 3 is 1.30 bits per heavy atom. The molecule has 0 saturated carbocycles. The van der Waals surface area contributed by atoms with Crippen LogP contribution in [0.5, 0.6) is 0 Å². The Balaban J connectivity index is 3.76. The fourth-order valence-corrected chi connectivity index (χ4v) is 0.985. The number of unbranched alkanes of at least 4 members (excludes halogenated alkanes) is 1. The first-order valence-corrected chi connectivity index (χ1v) is 5.52. The lowest BCUT2D eigenvalue weighted by molar-refractivity contribution is -0.147. The SMILES string of the molecule is N#CC(C#N)C(=O)OCCCCOC(=O)C(C#N)C#N. The molecule has 0 amide bonds. The van der Waals surface area contributed by atoms with Crippen LogP contribution in [0.2, 0.25) is 0 Å². The number of carbonyl (C=O) groups excluding carboxylic acids is 2. The molecule has 0 aliphatic rings. The van der Waals surface area contributed by atoms with Gasteiger partial charge in [0.15, 0.2) is 0 Å².